The summed E-state index contributed by atoms with van der Waals surface area (Å²) in [6.45, 7) is 11.7. The molecule has 0 amide bonds. The first-order valence-electron chi connectivity index (χ1n) is 6.18. The third-order valence-electron chi connectivity index (χ3n) is 2.67. The van der Waals surface area contributed by atoms with Crippen LogP contribution in [0.15, 0.2) is 4.42 Å². The molecule has 5 heteroatoms. The molecule has 0 saturated carbocycles. The maximum Gasteiger partial charge on any atom is 0.230 e. The summed E-state index contributed by atoms with van der Waals surface area (Å²) in [5.74, 6) is 1.30. The Labute approximate surface area is 103 Å². The molecule has 0 bridgehead atoms. The molecular formula is C12H24N4O. The molecule has 17 heavy (non-hydrogen) atoms. The standard InChI is InChI=1S/C12H24N4O/c1-5-6-16(9-12(3,4)8-13)7-11-15-14-10(2)17-11/h5-9,13H2,1-4H3. The third-order valence-corrected chi connectivity index (χ3v) is 2.67. The zero-order valence-corrected chi connectivity index (χ0v) is 11.4. The van der Waals surface area contributed by atoms with Gasteiger partial charge >= 0.3 is 0 Å². The van der Waals surface area contributed by atoms with Crippen molar-refractivity contribution in [2.24, 2.45) is 11.1 Å². The van der Waals surface area contributed by atoms with Crippen LogP contribution in [0.1, 0.15) is 39.0 Å². The second-order valence-electron chi connectivity index (χ2n) is 5.29. The van der Waals surface area contributed by atoms with Crippen molar-refractivity contribution in [2.75, 3.05) is 19.6 Å². The fourth-order valence-electron chi connectivity index (χ4n) is 1.79. The number of hydrogen-bond donors (Lipinski definition) is 1. The van der Waals surface area contributed by atoms with E-state index in [2.05, 4.69) is 35.9 Å². The minimum atomic E-state index is 0.115. The zero-order valence-electron chi connectivity index (χ0n) is 11.4. The van der Waals surface area contributed by atoms with Gasteiger partial charge in [0.2, 0.25) is 11.8 Å². The van der Waals surface area contributed by atoms with Gasteiger partial charge in [0, 0.05) is 13.5 Å². The molecule has 1 heterocycles. The van der Waals surface area contributed by atoms with E-state index in [9.17, 15) is 0 Å². The SMILES string of the molecule is CCCN(Cc1nnc(C)o1)CC(C)(C)CN. The highest BCUT2D eigenvalue weighted by Gasteiger charge is 2.21. The van der Waals surface area contributed by atoms with Crippen molar-refractivity contribution in [1.82, 2.24) is 15.1 Å². The lowest BCUT2D eigenvalue weighted by molar-refractivity contribution is 0.162. The normalized spacial score (nSPS) is 12.4. The minimum absolute atomic E-state index is 0.115. The van der Waals surface area contributed by atoms with Crippen LogP contribution in [0.3, 0.4) is 0 Å². The number of rotatable bonds is 7. The van der Waals surface area contributed by atoms with Crippen molar-refractivity contribution < 1.29 is 4.42 Å². The van der Waals surface area contributed by atoms with Crippen molar-refractivity contribution in [1.29, 1.82) is 0 Å². The molecule has 5 nitrogen and oxygen atoms in total. The van der Waals surface area contributed by atoms with Crippen LogP contribution < -0.4 is 5.73 Å². The third kappa shape index (κ3) is 4.83. The van der Waals surface area contributed by atoms with Crippen LogP contribution in [0.25, 0.3) is 0 Å². The van der Waals surface area contributed by atoms with E-state index in [-0.39, 0.29) is 5.41 Å². The maximum absolute atomic E-state index is 5.77. The van der Waals surface area contributed by atoms with Gasteiger partial charge in [-0.1, -0.05) is 20.8 Å². The van der Waals surface area contributed by atoms with E-state index in [1.165, 1.54) is 0 Å². The molecule has 2 N–H and O–H groups in total. The molecule has 1 aromatic rings. The monoisotopic (exact) mass is 240 g/mol. The molecule has 0 atom stereocenters. The number of hydrogen-bond acceptors (Lipinski definition) is 5. The van der Waals surface area contributed by atoms with Gasteiger partial charge in [0.05, 0.1) is 6.54 Å². The molecule has 0 aliphatic heterocycles. The molecule has 0 unspecified atom stereocenters. The smallest absolute Gasteiger partial charge is 0.230 e. The molecular weight excluding hydrogens is 216 g/mol. The summed E-state index contributed by atoms with van der Waals surface area (Å²) >= 11 is 0. The van der Waals surface area contributed by atoms with Gasteiger partial charge in [0.25, 0.3) is 0 Å². The highest BCUT2D eigenvalue weighted by Crippen LogP contribution is 2.16. The molecule has 0 spiro atoms. The van der Waals surface area contributed by atoms with E-state index in [1.54, 1.807) is 0 Å². The van der Waals surface area contributed by atoms with Crippen molar-refractivity contribution in [3.8, 4) is 0 Å². The molecule has 98 valence electrons. The number of aromatic nitrogens is 2. The van der Waals surface area contributed by atoms with Crippen LogP contribution in [0.5, 0.6) is 0 Å². The van der Waals surface area contributed by atoms with Gasteiger partial charge in [0.1, 0.15) is 0 Å². The summed E-state index contributed by atoms with van der Waals surface area (Å²) < 4.78 is 5.41. The Morgan fingerprint density at radius 2 is 2.06 bits per heavy atom. The number of nitrogens with zero attached hydrogens (tertiary/aromatic N) is 3. The maximum atomic E-state index is 5.77. The van der Waals surface area contributed by atoms with E-state index in [0.29, 0.717) is 24.9 Å². The predicted octanol–water partition coefficient (Wildman–Crippen LogP) is 1.57. The summed E-state index contributed by atoms with van der Waals surface area (Å²) in [5.41, 5.74) is 5.89. The molecule has 0 aromatic carbocycles. The molecule has 0 saturated heterocycles. The number of nitrogens with two attached hydrogens (primary N) is 1. The van der Waals surface area contributed by atoms with E-state index >= 15 is 0 Å². The topological polar surface area (TPSA) is 68.2 Å². The second-order valence-corrected chi connectivity index (χ2v) is 5.29. The predicted molar refractivity (Wildman–Crippen MR) is 67.4 cm³/mol. The first-order valence-corrected chi connectivity index (χ1v) is 6.18. The Morgan fingerprint density at radius 3 is 2.53 bits per heavy atom. The fraction of sp³-hybridized carbons (Fsp3) is 0.833. The Morgan fingerprint density at radius 1 is 1.35 bits per heavy atom. The summed E-state index contributed by atoms with van der Waals surface area (Å²) in [6.07, 6.45) is 1.10. The summed E-state index contributed by atoms with van der Waals surface area (Å²) in [5, 5.41) is 7.88. The van der Waals surface area contributed by atoms with Gasteiger partial charge in [-0.25, -0.2) is 0 Å². The summed E-state index contributed by atoms with van der Waals surface area (Å²) in [4.78, 5) is 2.32. The van der Waals surface area contributed by atoms with Crippen molar-refractivity contribution in [3.63, 3.8) is 0 Å². The molecule has 0 aliphatic rings. The van der Waals surface area contributed by atoms with Gasteiger partial charge in [-0.15, -0.1) is 10.2 Å². The molecule has 0 fully saturated rings. The Hall–Kier alpha value is -0.940. The van der Waals surface area contributed by atoms with Crippen LogP contribution >= 0.6 is 0 Å². The number of aryl methyl sites for hydroxylation is 1. The highest BCUT2D eigenvalue weighted by atomic mass is 16.4. The van der Waals surface area contributed by atoms with Gasteiger partial charge in [-0.2, -0.15) is 0 Å². The van der Waals surface area contributed by atoms with Crippen molar-refractivity contribution in [2.45, 2.75) is 40.7 Å². The lowest BCUT2D eigenvalue weighted by Gasteiger charge is -2.30. The lowest BCUT2D eigenvalue weighted by atomic mass is 9.93. The largest absolute Gasteiger partial charge is 0.424 e. The lowest BCUT2D eigenvalue weighted by Crippen LogP contribution is -2.38. The Kier molecular flexibility index (Phi) is 5.08. The first kappa shape index (κ1) is 14.1. The second kappa shape index (κ2) is 6.12. The molecule has 1 aromatic heterocycles. The van der Waals surface area contributed by atoms with E-state index in [4.69, 9.17) is 10.2 Å². The van der Waals surface area contributed by atoms with E-state index in [0.717, 1.165) is 19.5 Å². The summed E-state index contributed by atoms with van der Waals surface area (Å²) in [6, 6.07) is 0. The van der Waals surface area contributed by atoms with Crippen LogP contribution in [0, 0.1) is 12.3 Å². The average Bonchev–Trinajstić information content (AvgIpc) is 2.64. The van der Waals surface area contributed by atoms with Gasteiger partial charge in [-0.3, -0.25) is 4.90 Å². The average molecular weight is 240 g/mol. The van der Waals surface area contributed by atoms with E-state index in [1.807, 2.05) is 6.92 Å². The quantitative estimate of drug-likeness (QED) is 0.783. The minimum Gasteiger partial charge on any atom is -0.424 e. The fourth-order valence-corrected chi connectivity index (χ4v) is 1.79. The van der Waals surface area contributed by atoms with E-state index < -0.39 is 0 Å². The van der Waals surface area contributed by atoms with Gasteiger partial charge < -0.3 is 10.2 Å². The molecule has 1 rings (SSSR count). The van der Waals surface area contributed by atoms with Crippen molar-refractivity contribution in [3.05, 3.63) is 11.8 Å². The van der Waals surface area contributed by atoms with Gasteiger partial charge in [-0.05, 0) is 24.9 Å². The molecule has 0 aliphatic carbocycles. The Bertz CT molecular complexity index is 335. The van der Waals surface area contributed by atoms with Crippen LogP contribution in [-0.4, -0.2) is 34.7 Å². The van der Waals surface area contributed by atoms with Crippen LogP contribution in [0.4, 0.5) is 0 Å². The highest BCUT2D eigenvalue weighted by molar-refractivity contribution is 4.82. The summed E-state index contributed by atoms with van der Waals surface area (Å²) in [7, 11) is 0. The Balaban J connectivity index is 2.60. The molecule has 0 radical (unpaired) electrons. The van der Waals surface area contributed by atoms with Crippen LogP contribution in [0.2, 0.25) is 0 Å². The zero-order chi connectivity index (χ0) is 12.9. The first-order chi connectivity index (χ1) is 7.96. The van der Waals surface area contributed by atoms with Gasteiger partial charge in [0.15, 0.2) is 0 Å². The van der Waals surface area contributed by atoms with Crippen LogP contribution in [-0.2, 0) is 6.54 Å². The van der Waals surface area contributed by atoms with Crippen molar-refractivity contribution >= 4 is 0 Å².